The molecule has 1 rings (SSSR count). The van der Waals surface area contributed by atoms with Gasteiger partial charge in [-0.25, -0.2) is 0 Å². The van der Waals surface area contributed by atoms with Gasteiger partial charge in [0.25, 0.3) is 0 Å². The summed E-state index contributed by atoms with van der Waals surface area (Å²) in [6.07, 6.45) is 1.93. The van der Waals surface area contributed by atoms with Crippen LogP contribution >= 0.6 is 0 Å². The predicted octanol–water partition coefficient (Wildman–Crippen LogP) is 0.440. The highest BCUT2D eigenvalue weighted by Crippen LogP contribution is 1.97. The zero-order valence-electron chi connectivity index (χ0n) is 3.64. The van der Waals surface area contributed by atoms with Gasteiger partial charge in [-0.15, -0.1) is 0 Å². The Labute approximate surface area is 36.8 Å². The normalized spacial score (nSPS) is 19.8. The van der Waals surface area contributed by atoms with Crippen molar-refractivity contribution in [2.45, 2.75) is 6.92 Å². The Morgan fingerprint density at radius 1 is 2.00 bits per heavy atom. The minimum Gasteiger partial charge on any atom is -0.393 e. The molecule has 1 heterocycles. The third kappa shape index (κ3) is 0.518. The summed E-state index contributed by atoms with van der Waals surface area (Å²) in [6, 6.07) is 0. The minimum absolute atomic E-state index is 0.728. The maximum atomic E-state index is 4.64. The van der Waals surface area contributed by atoms with Gasteiger partial charge in [0.2, 0.25) is 0 Å². The highest BCUT2D eigenvalue weighted by molar-refractivity contribution is 4.92. The molecule has 33 valence electrons. The maximum absolute atomic E-state index is 4.64. The van der Waals surface area contributed by atoms with Crippen molar-refractivity contribution in [3.63, 3.8) is 0 Å². The molecule has 0 aromatic rings. The Hall–Kier alpha value is -0.500. The average molecular weight is 84.1 g/mol. The molecular formula is C4H6NO. The van der Waals surface area contributed by atoms with Gasteiger partial charge in [0, 0.05) is 0 Å². The van der Waals surface area contributed by atoms with Crippen LogP contribution in [0.2, 0.25) is 0 Å². The quantitative estimate of drug-likeness (QED) is 0.417. The lowest BCUT2D eigenvalue weighted by Gasteiger charge is -1.86. The zero-order valence-corrected chi connectivity index (χ0v) is 3.64. The topological polar surface area (TPSA) is 23.3 Å². The standard InChI is InChI=1S/C4H6NO/c1-4-2-3-5-6-4/h2H,3H2,1H3. The Balaban J connectivity index is 2.45. The van der Waals surface area contributed by atoms with Crippen molar-refractivity contribution < 1.29 is 4.84 Å². The molecule has 0 fully saturated rings. The molecule has 2 heteroatoms. The van der Waals surface area contributed by atoms with Crippen molar-refractivity contribution >= 4 is 0 Å². The van der Waals surface area contributed by atoms with E-state index in [-0.39, 0.29) is 0 Å². The number of hydroxylamine groups is 1. The van der Waals surface area contributed by atoms with Gasteiger partial charge in [-0.3, -0.25) is 0 Å². The van der Waals surface area contributed by atoms with E-state index in [4.69, 9.17) is 0 Å². The highest BCUT2D eigenvalue weighted by Gasteiger charge is 1.96. The fraction of sp³-hybridized carbons (Fsp3) is 0.500. The summed E-state index contributed by atoms with van der Waals surface area (Å²) in [7, 11) is 0. The van der Waals surface area contributed by atoms with Crippen LogP contribution in [0.3, 0.4) is 0 Å². The Morgan fingerprint density at radius 3 is 3.00 bits per heavy atom. The number of allylic oxidation sites excluding steroid dienone is 1. The van der Waals surface area contributed by atoms with Gasteiger partial charge in [-0.05, 0) is 18.5 Å². The molecular weight excluding hydrogens is 78.0 g/mol. The second kappa shape index (κ2) is 1.30. The van der Waals surface area contributed by atoms with Crippen LogP contribution in [0.1, 0.15) is 6.92 Å². The minimum atomic E-state index is 0.728. The summed E-state index contributed by atoms with van der Waals surface area (Å²) in [6.45, 7) is 2.61. The van der Waals surface area contributed by atoms with Crippen LogP contribution in [-0.2, 0) is 4.84 Å². The van der Waals surface area contributed by atoms with E-state index in [0.29, 0.717) is 0 Å². The van der Waals surface area contributed by atoms with Crippen LogP contribution in [0.25, 0.3) is 0 Å². The van der Waals surface area contributed by atoms with E-state index in [2.05, 4.69) is 10.3 Å². The third-order valence-corrected chi connectivity index (χ3v) is 0.662. The maximum Gasteiger partial charge on any atom is 0.121 e. The molecule has 0 aromatic carbocycles. The first kappa shape index (κ1) is 3.68. The molecule has 0 saturated carbocycles. The fourth-order valence-electron chi connectivity index (χ4n) is 0.342. The van der Waals surface area contributed by atoms with Crippen molar-refractivity contribution in [1.29, 1.82) is 0 Å². The molecule has 0 N–H and O–H groups in total. The van der Waals surface area contributed by atoms with E-state index in [9.17, 15) is 0 Å². The van der Waals surface area contributed by atoms with E-state index in [1.54, 1.807) is 0 Å². The molecule has 1 aliphatic heterocycles. The van der Waals surface area contributed by atoms with Gasteiger partial charge in [-0.2, -0.15) is 0 Å². The van der Waals surface area contributed by atoms with Crippen LogP contribution in [0, 0.1) is 0 Å². The highest BCUT2D eigenvalue weighted by atomic mass is 16.7. The van der Waals surface area contributed by atoms with E-state index in [1.165, 1.54) is 0 Å². The van der Waals surface area contributed by atoms with Crippen molar-refractivity contribution in [2.75, 3.05) is 6.54 Å². The summed E-state index contributed by atoms with van der Waals surface area (Å²) < 4.78 is 0. The molecule has 0 atom stereocenters. The van der Waals surface area contributed by atoms with Gasteiger partial charge in [0.05, 0.1) is 6.54 Å². The molecule has 0 unspecified atom stereocenters. The molecule has 0 spiro atoms. The van der Waals surface area contributed by atoms with Crippen LogP contribution < -0.4 is 5.48 Å². The van der Waals surface area contributed by atoms with E-state index in [0.717, 1.165) is 12.3 Å². The van der Waals surface area contributed by atoms with Gasteiger partial charge in [0.15, 0.2) is 0 Å². The van der Waals surface area contributed by atoms with Crippen molar-refractivity contribution in [2.24, 2.45) is 0 Å². The first-order valence-corrected chi connectivity index (χ1v) is 1.90. The third-order valence-electron chi connectivity index (χ3n) is 0.662. The van der Waals surface area contributed by atoms with Crippen LogP contribution in [0.15, 0.2) is 11.8 Å². The van der Waals surface area contributed by atoms with Gasteiger partial charge in [0.1, 0.15) is 5.76 Å². The van der Waals surface area contributed by atoms with E-state index in [1.807, 2.05) is 13.0 Å². The van der Waals surface area contributed by atoms with Crippen LogP contribution in [-0.4, -0.2) is 6.54 Å². The lowest BCUT2D eigenvalue weighted by atomic mass is 10.5. The zero-order chi connectivity index (χ0) is 4.41. The molecule has 6 heavy (non-hydrogen) atoms. The monoisotopic (exact) mass is 84.0 g/mol. The number of hydrogen-bond acceptors (Lipinski definition) is 1. The molecule has 2 nitrogen and oxygen atoms in total. The lowest BCUT2D eigenvalue weighted by molar-refractivity contribution is 0.131. The molecule has 0 aliphatic carbocycles. The van der Waals surface area contributed by atoms with Crippen LogP contribution in [0.5, 0.6) is 0 Å². The van der Waals surface area contributed by atoms with E-state index < -0.39 is 0 Å². The molecule has 0 aromatic heterocycles. The van der Waals surface area contributed by atoms with Crippen molar-refractivity contribution in [3.8, 4) is 0 Å². The number of nitrogens with zero attached hydrogens (tertiary/aromatic N) is 1. The summed E-state index contributed by atoms with van der Waals surface area (Å²) in [5.74, 6) is 0.912. The summed E-state index contributed by atoms with van der Waals surface area (Å²) in [4.78, 5) is 4.64. The number of hydrogen-bond donors (Lipinski definition) is 0. The molecule has 0 amide bonds. The van der Waals surface area contributed by atoms with Gasteiger partial charge >= 0.3 is 0 Å². The first-order chi connectivity index (χ1) is 2.89. The Kier molecular flexibility index (Phi) is 0.801. The van der Waals surface area contributed by atoms with Gasteiger partial charge in [-0.1, -0.05) is 0 Å². The van der Waals surface area contributed by atoms with E-state index >= 15 is 0 Å². The van der Waals surface area contributed by atoms with Gasteiger partial charge < -0.3 is 4.84 Å². The second-order valence-electron chi connectivity index (χ2n) is 1.22. The first-order valence-electron chi connectivity index (χ1n) is 1.90. The predicted molar refractivity (Wildman–Crippen MR) is 21.8 cm³/mol. The SMILES string of the molecule is CC1=CC[N]O1. The summed E-state index contributed by atoms with van der Waals surface area (Å²) in [5, 5.41) is 0. The second-order valence-corrected chi connectivity index (χ2v) is 1.22. The summed E-state index contributed by atoms with van der Waals surface area (Å²) in [5.41, 5.74) is 3.57. The Bertz CT molecular complexity index is 77.6. The Morgan fingerprint density at radius 2 is 2.83 bits per heavy atom. The fourth-order valence-corrected chi connectivity index (χ4v) is 0.342. The summed E-state index contributed by atoms with van der Waals surface area (Å²) >= 11 is 0. The van der Waals surface area contributed by atoms with Crippen molar-refractivity contribution in [1.82, 2.24) is 5.48 Å². The smallest absolute Gasteiger partial charge is 0.121 e. The average Bonchev–Trinajstić information content (AvgIpc) is 1.86. The largest absolute Gasteiger partial charge is 0.393 e. The lowest BCUT2D eigenvalue weighted by Crippen LogP contribution is -1.92. The molecule has 1 aliphatic rings. The molecule has 1 radical (unpaired) electrons. The van der Waals surface area contributed by atoms with Crippen LogP contribution in [0.4, 0.5) is 0 Å². The number of rotatable bonds is 0. The van der Waals surface area contributed by atoms with Crippen molar-refractivity contribution in [3.05, 3.63) is 11.8 Å². The molecule has 0 saturated heterocycles. The molecule has 0 bridgehead atoms.